The molecule has 2 rings (SSSR count). The van der Waals surface area contributed by atoms with Crippen molar-refractivity contribution in [2.45, 2.75) is 16.9 Å². The molecule has 1 aliphatic heterocycles. The largest absolute Gasteiger partial charge is 0.486 e. The molecule has 1 aromatic rings. The first-order chi connectivity index (χ1) is 9.14. The third-order valence-electron chi connectivity index (χ3n) is 2.63. The van der Waals surface area contributed by atoms with Crippen molar-refractivity contribution < 1.29 is 31.4 Å². The zero-order valence-corrected chi connectivity index (χ0v) is 12.0. The minimum absolute atomic E-state index is 0.0816. The molecule has 1 atom stereocenters. The molecular weight excluding hydrogens is 374 g/mol. The van der Waals surface area contributed by atoms with E-state index >= 15 is 0 Å². The van der Waals surface area contributed by atoms with E-state index < -0.39 is 22.5 Å². The molecule has 0 amide bonds. The van der Waals surface area contributed by atoms with Crippen LogP contribution in [0, 0.1) is 0 Å². The molecule has 112 valence electrons. The minimum atomic E-state index is -5.70. The van der Waals surface area contributed by atoms with Crippen LogP contribution in [0.4, 0.5) is 22.0 Å². The third-order valence-corrected chi connectivity index (χ3v) is 4.03. The van der Waals surface area contributed by atoms with E-state index in [4.69, 9.17) is 21.1 Å². The summed E-state index contributed by atoms with van der Waals surface area (Å²) < 4.78 is 74.0. The number of benzene rings is 1. The first kappa shape index (κ1) is 15.6. The molecule has 0 saturated heterocycles. The van der Waals surface area contributed by atoms with Gasteiger partial charge in [0.2, 0.25) is 0 Å². The van der Waals surface area contributed by atoms with E-state index in [1.165, 1.54) is 0 Å². The Labute approximate surface area is 123 Å². The summed E-state index contributed by atoms with van der Waals surface area (Å²) in [6, 6.07) is 2.18. The zero-order valence-electron chi connectivity index (χ0n) is 9.61. The van der Waals surface area contributed by atoms with E-state index in [1.54, 1.807) is 0 Å². The average Bonchev–Trinajstić information content (AvgIpc) is 2.35. The van der Waals surface area contributed by atoms with Crippen LogP contribution in [0.1, 0.15) is 10.4 Å². The summed E-state index contributed by atoms with van der Waals surface area (Å²) in [6.07, 6.45) is -5.70. The molecule has 1 heterocycles. The average molecular weight is 382 g/mol. The fourth-order valence-electron chi connectivity index (χ4n) is 1.61. The second-order valence-electron chi connectivity index (χ2n) is 4.00. The van der Waals surface area contributed by atoms with Gasteiger partial charge in [0, 0.05) is 11.1 Å². The molecule has 20 heavy (non-hydrogen) atoms. The van der Waals surface area contributed by atoms with E-state index in [0.717, 1.165) is 12.1 Å². The van der Waals surface area contributed by atoms with Gasteiger partial charge < -0.3 is 9.47 Å². The molecule has 0 aromatic heterocycles. The molecule has 0 aliphatic carbocycles. The molecule has 0 bridgehead atoms. The van der Waals surface area contributed by atoms with E-state index in [2.05, 4.69) is 15.9 Å². The van der Waals surface area contributed by atoms with Crippen molar-refractivity contribution in [1.82, 2.24) is 0 Å². The second kappa shape index (κ2) is 5.22. The number of ether oxygens (including phenoxy) is 2. The molecule has 0 spiro atoms. The molecule has 1 aromatic carbocycles. The highest BCUT2D eigenvalue weighted by molar-refractivity contribution is 9.09. The fourth-order valence-corrected chi connectivity index (χ4v) is 2.65. The van der Waals surface area contributed by atoms with Crippen molar-refractivity contribution >= 4 is 27.5 Å². The molecule has 0 radical (unpaired) electrons. The molecule has 0 fully saturated rings. The lowest BCUT2D eigenvalue weighted by atomic mass is 10.1. The molecular formula is C11H7BrClF5O2. The van der Waals surface area contributed by atoms with Gasteiger partial charge in [0.1, 0.15) is 18.0 Å². The Morgan fingerprint density at radius 3 is 2.05 bits per heavy atom. The number of alkyl halides is 6. The Morgan fingerprint density at radius 2 is 1.55 bits per heavy atom. The van der Waals surface area contributed by atoms with E-state index in [1.807, 2.05) is 0 Å². The second-order valence-corrected chi connectivity index (χ2v) is 5.32. The Kier molecular flexibility index (Phi) is 4.07. The van der Waals surface area contributed by atoms with Crippen molar-refractivity contribution in [3.05, 3.63) is 22.7 Å². The molecule has 9 heteroatoms. The lowest BCUT2D eigenvalue weighted by Crippen LogP contribution is -2.40. The Balaban J connectivity index is 2.42. The van der Waals surface area contributed by atoms with E-state index in [9.17, 15) is 22.0 Å². The van der Waals surface area contributed by atoms with Gasteiger partial charge >= 0.3 is 12.1 Å². The lowest BCUT2D eigenvalue weighted by molar-refractivity contribution is -0.281. The van der Waals surface area contributed by atoms with Crippen molar-refractivity contribution in [1.29, 1.82) is 0 Å². The van der Waals surface area contributed by atoms with Gasteiger partial charge in [-0.15, -0.1) is 0 Å². The number of fused-ring (bicyclic) bond motifs is 1. The van der Waals surface area contributed by atoms with Gasteiger partial charge in [-0.3, -0.25) is 0 Å². The van der Waals surface area contributed by atoms with Crippen molar-refractivity contribution in [3.63, 3.8) is 0 Å². The smallest absolute Gasteiger partial charge is 0.454 e. The van der Waals surface area contributed by atoms with Crippen LogP contribution in [0.2, 0.25) is 5.02 Å². The number of halogens is 7. The highest BCUT2D eigenvalue weighted by atomic mass is 79.9. The van der Waals surface area contributed by atoms with Crippen LogP contribution < -0.4 is 9.47 Å². The summed E-state index contributed by atoms with van der Waals surface area (Å²) in [6.45, 7) is 0.426. The van der Waals surface area contributed by atoms with E-state index in [-0.39, 0.29) is 29.7 Å². The Hall–Kier alpha value is -0.760. The van der Waals surface area contributed by atoms with Gasteiger partial charge in [-0.1, -0.05) is 27.5 Å². The summed E-state index contributed by atoms with van der Waals surface area (Å²) in [7, 11) is 0. The summed E-state index contributed by atoms with van der Waals surface area (Å²) in [5, 5.41) is -0.264. The Morgan fingerprint density at radius 1 is 1.05 bits per heavy atom. The quantitative estimate of drug-likeness (QED) is 0.544. The van der Waals surface area contributed by atoms with Crippen LogP contribution in [0.15, 0.2) is 12.1 Å². The van der Waals surface area contributed by atoms with Crippen LogP contribution in [-0.2, 0) is 0 Å². The number of rotatable bonds is 2. The highest BCUT2D eigenvalue weighted by Crippen LogP contribution is 2.51. The van der Waals surface area contributed by atoms with E-state index in [0.29, 0.717) is 0 Å². The minimum Gasteiger partial charge on any atom is -0.486 e. The lowest BCUT2D eigenvalue weighted by Gasteiger charge is -2.27. The summed E-state index contributed by atoms with van der Waals surface area (Å²) in [5.74, 6) is -4.68. The highest BCUT2D eigenvalue weighted by Gasteiger charge is 2.62. The third kappa shape index (κ3) is 2.67. The first-order valence-corrected chi connectivity index (χ1v) is 6.61. The normalized spacial score (nSPS) is 16.9. The van der Waals surface area contributed by atoms with Gasteiger partial charge in [-0.2, -0.15) is 22.0 Å². The van der Waals surface area contributed by atoms with Crippen LogP contribution in [0.25, 0.3) is 0 Å². The maximum atomic E-state index is 13.3. The van der Waals surface area contributed by atoms with Gasteiger partial charge in [0.05, 0.1) is 0 Å². The van der Waals surface area contributed by atoms with Crippen LogP contribution in [0.5, 0.6) is 11.5 Å². The number of hydrogen-bond donors (Lipinski definition) is 0. The zero-order chi connectivity index (χ0) is 15.1. The maximum Gasteiger partial charge on any atom is 0.454 e. The van der Waals surface area contributed by atoms with Gasteiger partial charge in [0.25, 0.3) is 0 Å². The van der Waals surface area contributed by atoms with Gasteiger partial charge in [-0.05, 0) is 11.6 Å². The molecule has 0 N–H and O–H groups in total. The van der Waals surface area contributed by atoms with Crippen molar-refractivity contribution in [3.8, 4) is 11.5 Å². The molecule has 2 nitrogen and oxygen atoms in total. The summed E-state index contributed by atoms with van der Waals surface area (Å²) >= 11 is 8.12. The predicted molar refractivity (Wildman–Crippen MR) is 65.1 cm³/mol. The SMILES string of the molecule is FC(F)(F)C(F)(F)C(Br)c1cc2c(cc1Cl)OCCO2. The van der Waals surface area contributed by atoms with Crippen LogP contribution >= 0.6 is 27.5 Å². The topological polar surface area (TPSA) is 18.5 Å². The summed E-state index contributed by atoms with van der Waals surface area (Å²) in [4.78, 5) is -2.32. The standard InChI is InChI=1S/C11H7BrClF5O2/c12-9(10(14,15)11(16,17)18)5-3-7-8(4-6(5)13)20-2-1-19-7/h3-4,9H,1-2H2. The van der Waals surface area contributed by atoms with Gasteiger partial charge in [0.15, 0.2) is 11.5 Å². The van der Waals surface area contributed by atoms with Crippen molar-refractivity contribution in [2.24, 2.45) is 0 Å². The molecule has 0 saturated carbocycles. The monoisotopic (exact) mass is 380 g/mol. The molecule has 1 aliphatic rings. The van der Waals surface area contributed by atoms with Crippen LogP contribution in [0.3, 0.4) is 0 Å². The fraction of sp³-hybridized carbons (Fsp3) is 0.455. The predicted octanol–water partition coefficient (Wildman–Crippen LogP) is 4.74. The first-order valence-electron chi connectivity index (χ1n) is 5.32. The maximum absolute atomic E-state index is 13.3. The molecule has 1 unspecified atom stereocenters. The Bertz CT molecular complexity index is 520. The van der Waals surface area contributed by atoms with Crippen molar-refractivity contribution in [2.75, 3.05) is 13.2 Å². The summed E-state index contributed by atoms with van der Waals surface area (Å²) in [5.41, 5.74) is -0.418. The van der Waals surface area contributed by atoms with Crippen LogP contribution in [-0.4, -0.2) is 25.3 Å². The number of hydrogen-bond acceptors (Lipinski definition) is 2. The van der Waals surface area contributed by atoms with Gasteiger partial charge in [-0.25, -0.2) is 0 Å².